The summed E-state index contributed by atoms with van der Waals surface area (Å²) in [6.07, 6.45) is 3.45. The van der Waals surface area contributed by atoms with Gasteiger partial charge in [-0.2, -0.15) is 0 Å². The van der Waals surface area contributed by atoms with Gasteiger partial charge in [-0.3, -0.25) is 14.8 Å². The molecule has 3 aromatic heterocycles. The summed E-state index contributed by atoms with van der Waals surface area (Å²) in [6.45, 7) is 0. The van der Waals surface area contributed by atoms with Crippen LogP contribution < -0.4 is 0 Å². The molecule has 0 bridgehead atoms. The van der Waals surface area contributed by atoms with Crippen LogP contribution in [0.25, 0.3) is 33.8 Å². The van der Waals surface area contributed by atoms with Gasteiger partial charge in [0, 0.05) is 23.5 Å². The van der Waals surface area contributed by atoms with Crippen LogP contribution in [0.1, 0.15) is 15.9 Å². The predicted molar refractivity (Wildman–Crippen MR) is 116 cm³/mol. The minimum Gasteiger partial charge on any atom is -0.289 e. The van der Waals surface area contributed by atoms with Crippen molar-refractivity contribution >= 4 is 16.8 Å². The number of pyridine rings is 2. The number of aromatic nitrogens is 4. The van der Waals surface area contributed by atoms with Crippen LogP contribution in [0.15, 0.2) is 97.3 Å². The first-order valence-electron chi connectivity index (χ1n) is 9.54. The molecule has 30 heavy (non-hydrogen) atoms. The van der Waals surface area contributed by atoms with E-state index in [4.69, 9.17) is 9.97 Å². The van der Waals surface area contributed by atoms with Gasteiger partial charge in [-0.1, -0.05) is 42.5 Å². The van der Waals surface area contributed by atoms with Gasteiger partial charge in [0.2, 0.25) is 0 Å². The van der Waals surface area contributed by atoms with Crippen LogP contribution in [0.2, 0.25) is 0 Å². The molecule has 0 saturated carbocycles. The molecule has 0 aliphatic rings. The highest BCUT2D eigenvalue weighted by atomic mass is 16.1. The Labute approximate surface area is 173 Å². The molecule has 0 aliphatic heterocycles. The summed E-state index contributed by atoms with van der Waals surface area (Å²) >= 11 is 0. The first kappa shape index (κ1) is 17.8. The molecule has 2 aromatic carbocycles. The Balaban J connectivity index is 1.69. The van der Waals surface area contributed by atoms with E-state index < -0.39 is 0 Å². The zero-order valence-corrected chi connectivity index (χ0v) is 15.9. The molecule has 5 heteroatoms. The average molecular weight is 388 g/mol. The van der Waals surface area contributed by atoms with E-state index in [1.54, 1.807) is 24.5 Å². The SMILES string of the molecule is O=C(c1ccccc1)c1ccc2nc(-c3ccccn3)c(-c3ccccn3)nc2c1. The summed E-state index contributed by atoms with van der Waals surface area (Å²) < 4.78 is 0. The topological polar surface area (TPSA) is 68.6 Å². The quantitative estimate of drug-likeness (QED) is 0.406. The fourth-order valence-electron chi connectivity index (χ4n) is 3.31. The van der Waals surface area contributed by atoms with E-state index in [1.807, 2.05) is 72.8 Å². The molecule has 0 spiro atoms. The highest BCUT2D eigenvalue weighted by Crippen LogP contribution is 2.29. The maximum absolute atomic E-state index is 12.9. The van der Waals surface area contributed by atoms with E-state index in [0.29, 0.717) is 39.2 Å². The van der Waals surface area contributed by atoms with Crippen LogP contribution in [-0.2, 0) is 0 Å². The van der Waals surface area contributed by atoms with Crippen LogP contribution in [0.5, 0.6) is 0 Å². The fraction of sp³-hybridized carbons (Fsp3) is 0. The van der Waals surface area contributed by atoms with Crippen molar-refractivity contribution in [1.82, 2.24) is 19.9 Å². The van der Waals surface area contributed by atoms with Gasteiger partial charge in [-0.15, -0.1) is 0 Å². The second kappa shape index (κ2) is 7.64. The normalized spacial score (nSPS) is 10.8. The Morgan fingerprint density at radius 3 is 1.77 bits per heavy atom. The summed E-state index contributed by atoms with van der Waals surface area (Å²) in [7, 11) is 0. The highest BCUT2D eigenvalue weighted by Gasteiger charge is 2.16. The first-order valence-corrected chi connectivity index (χ1v) is 9.54. The lowest BCUT2D eigenvalue weighted by Gasteiger charge is -2.10. The molecular weight excluding hydrogens is 372 g/mol. The van der Waals surface area contributed by atoms with Crippen molar-refractivity contribution in [2.24, 2.45) is 0 Å². The minimum atomic E-state index is -0.0486. The Bertz CT molecular complexity index is 1340. The molecule has 5 rings (SSSR count). The predicted octanol–water partition coefficient (Wildman–Crippen LogP) is 4.98. The number of hydrogen-bond acceptors (Lipinski definition) is 5. The molecule has 5 nitrogen and oxygen atoms in total. The first-order chi connectivity index (χ1) is 14.8. The Hall–Kier alpha value is -4.25. The third kappa shape index (κ3) is 3.33. The van der Waals surface area contributed by atoms with Gasteiger partial charge in [0.15, 0.2) is 5.78 Å². The molecule has 0 aliphatic carbocycles. The van der Waals surface area contributed by atoms with E-state index in [2.05, 4.69) is 9.97 Å². The van der Waals surface area contributed by atoms with Crippen LogP contribution in [0, 0.1) is 0 Å². The maximum Gasteiger partial charge on any atom is 0.193 e. The lowest BCUT2D eigenvalue weighted by Crippen LogP contribution is -2.03. The molecule has 0 atom stereocenters. The van der Waals surface area contributed by atoms with Crippen molar-refractivity contribution in [3.8, 4) is 22.8 Å². The maximum atomic E-state index is 12.9. The lowest BCUT2D eigenvalue weighted by molar-refractivity contribution is 0.103. The van der Waals surface area contributed by atoms with Gasteiger partial charge in [0.1, 0.15) is 11.4 Å². The number of fused-ring (bicyclic) bond motifs is 1. The zero-order chi connectivity index (χ0) is 20.3. The highest BCUT2D eigenvalue weighted by molar-refractivity contribution is 6.10. The standard InChI is InChI=1S/C25H16N4O/c30-25(17-8-2-1-3-9-17)18-12-13-19-22(16-18)29-24(21-11-5-7-15-27-21)23(28-19)20-10-4-6-14-26-20/h1-16H. The second-order valence-electron chi connectivity index (χ2n) is 6.75. The summed E-state index contributed by atoms with van der Waals surface area (Å²) in [5, 5.41) is 0. The van der Waals surface area contributed by atoms with Gasteiger partial charge in [0.25, 0.3) is 0 Å². The lowest BCUT2D eigenvalue weighted by atomic mass is 10.0. The van der Waals surface area contributed by atoms with Crippen molar-refractivity contribution in [3.05, 3.63) is 108 Å². The van der Waals surface area contributed by atoms with Crippen molar-refractivity contribution in [2.45, 2.75) is 0 Å². The van der Waals surface area contributed by atoms with Crippen molar-refractivity contribution in [1.29, 1.82) is 0 Å². The molecular formula is C25H16N4O. The molecule has 0 N–H and O–H groups in total. The molecule has 0 unspecified atom stereocenters. The Kier molecular flexibility index (Phi) is 4.54. The smallest absolute Gasteiger partial charge is 0.193 e. The number of nitrogens with zero attached hydrogens (tertiary/aromatic N) is 4. The van der Waals surface area contributed by atoms with Gasteiger partial charge >= 0.3 is 0 Å². The van der Waals surface area contributed by atoms with Gasteiger partial charge in [-0.25, -0.2) is 9.97 Å². The molecule has 3 heterocycles. The van der Waals surface area contributed by atoms with Gasteiger partial charge in [-0.05, 0) is 42.5 Å². The van der Waals surface area contributed by atoms with Crippen LogP contribution >= 0.6 is 0 Å². The van der Waals surface area contributed by atoms with E-state index in [9.17, 15) is 4.79 Å². The Morgan fingerprint density at radius 1 is 0.567 bits per heavy atom. The van der Waals surface area contributed by atoms with Crippen molar-refractivity contribution < 1.29 is 4.79 Å². The number of hydrogen-bond donors (Lipinski definition) is 0. The fourth-order valence-corrected chi connectivity index (χ4v) is 3.31. The summed E-state index contributed by atoms with van der Waals surface area (Å²) in [4.78, 5) is 31.4. The monoisotopic (exact) mass is 388 g/mol. The number of carbonyl (C=O) groups excluding carboxylic acids is 1. The summed E-state index contributed by atoms with van der Waals surface area (Å²) in [5.74, 6) is -0.0486. The molecule has 0 amide bonds. The molecule has 142 valence electrons. The zero-order valence-electron chi connectivity index (χ0n) is 15.9. The average Bonchev–Trinajstić information content (AvgIpc) is 2.84. The van der Waals surface area contributed by atoms with Crippen molar-refractivity contribution in [3.63, 3.8) is 0 Å². The summed E-state index contributed by atoms with van der Waals surface area (Å²) in [5.41, 5.74) is 5.25. The van der Waals surface area contributed by atoms with Crippen LogP contribution in [0.3, 0.4) is 0 Å². The third-order valence-electron chi connectivity index (χ3n) is 4.78. The number of ketones is 1. The van der Waals surface area contributed by atoms with Crippen LogP contribution in [0.4, 0.5) is 0 Å². The van der Waals surface area contributed by atoms with E-state index in [0.717, 1.165) is 5.69 Å². The molecule has 0 saturated heterocycles. The summed E-state index contributed by atoms with van der Waals surface area (Å²) in [6, 6.07) is 25.9. The van der Waals surface area contributed by atoms with E-state index >= 15 is 0 Å². The van der Waals surface area contributed by atoms with Gasteiger partial charge < -0.3 is 0 Å². The molecule has 0 radical (unpaired) electrons. The third-order valence-corrected chi connectivity index (χ3v) is 4.78. The second-order valence-corrected chi connectivity index (χ2v) is 6.75. The van der Waals surface area contributed by atoms with E-state index in [1.165, 1.54) is 0 Å². The minimum absolute atomic E-state index is 0.0486. The largest absolute Gasteiger partial charge is 0.289 e. The molecule has 0 fully saturated rings. The van der Waals surface area contributed by atoms with E-state index in [-0.39, 0.29) is 5.78 Å². The van der Waals surface area contributed by atoms with Crippen LogP contribution in [-0.4, -0.2) is 25.7 Å². The number of rotatable bonds is 4. The molecule has 5 aromatic rings. The van der Waals surface area contributed by atoms with Gasteiger partial charge in [0.05, 0.1) is 22.4 Å². The Morgan fingerprint density at radius 2 is 1.17 bits per heavy atom. The van der Waals surface area contributed by atoms with Crippen molar-refractivity contribution in [2.75, 3.05) is 0 Å². The number of carbonyl (C=O) groups is 1. The number of benzene rings is 2.